The van der Waals surface area contributed by atoms with E-state index >= 15 is 0 Å². The number of carbonyl (C=O) groups is 2. The number of aliphatic hydroxyl groups is 1. The van der Waals surface area contributed by atoms with Gasteiger partial charge in [0.25, 0.3) is 0 Å². The van der Waals surface area contributed by atoms with E-state index in [2.05, 4.69) is 11.7 Å². The summed E-state index contributed by atoms with van der Waals surface area (Å²) in [5.41, 5.74) is -1.52. The van der Waals surface area contributed by atoms with Crippen LogP contribution >= 0.6 is 0 Å². The number of nitrogens with zero attached hydrogens (tertiary/aromatic N) is 1. The predicted molar refractivity (Wildman–Crippen MR) is 88.5 cm³/mol. The van der Waals surface area contributed by atoms with Gasteiger partial charge in [-0.05, 0) is 12.8 Å². The first-order valence-electron chi connectivity index (χ1n) is 8.66. The van der Waals surface area contributed by atoms with Crippen molar-refractivity contribution in [3.63, 3.8) is 0 Å². The Morgan fingerprint density at radius 3 is 2.62 bits per heavy atom. The number of hydrogen-bond donors (Lipinski definition) is 1. The smallest absolute Gasteiger partial charge is 0.339 e. The van der Waals surface area contributed by atoms with Gasteiger partial charge in [0.2, 0.25) is 0 Å². The number of hydrogen-bond acceptors (Lipinski definition) is 7. The maximum Gasteiger partial charge on any atom is 0.339 e. The summed E-state index contributed by atoms with van der Waals surface area (Å²) < 4.78 is 15.0. The fourth-order valence-electron chi connectivity index (χ4n) is 2.97. The molecular formula is C17H31NO6. The van der Waals surface area contributed by atoms with Crippen molar-refractivity contribution >= 4 is 11.9 Å². The number of β-amino-alcohol motifs (C(OH)–C–C–N with tert-alkyl or cyclic N) is 1. The van der Waals surface area contributed by atoms with Crippen molar-refractivity contribution in [2.75, 3.05) is 40.5 Å². The Labute approximate surface area is 144 Å². The van der Waals surface area contributed by atoms with Crippen LogP contribution in [0.3, 0.4) is 0 Å². The van der Waals surface area contributed by atoms with Crippen molar-refractivity contribution < 1.29 is 28.9 Å². The van der Waals surface area contributed by atoms with Crippen LogP contribution in [0, 0.1) is 0 Å². The summed E-state index contributed by atoms with van der Waals surface area (Å²) in [6.07, 6.45) is 4.18. The number of carbonyl (C=O) groups excluding carboxylic acids is 2. The van der Waals surface area contributed by atoms with Gasteiger partial charge in [-0.25, -0.2) is 4.79 Å². The third-order valence-corrected chi connectivity index (χ3v) is 4.34. The lowest BCUT2D eigenvalue weighted by Gasteiger charge is -2.37. The molecule has 0 aromatic rings. The van der Waals surface area contributed by atoms with Gasteiger partial charge in [0, 0.05) is 19.6 Å². The van der Waals surface area contributed by atoms with E-state index in [0.717, 1.165) is 25.7 Å². The molecule has 1 saturated heterocycles. The maximum atomic E-state index is 12.1. The molecule has 24 heavy (non-hydrogen) atoms. The molecule has 0 amide bonds. The van der Waals surface area contributed by atoms with E-state index in [1.807, 2.05) is 4.90 Å². The van der Waals surface area contributed by atoms with E-state index < -0.39 is 11.6 Å². The molecule has 7 heteroatoms. The van der Waals surface area contributed by atoms with Crippen LogP contribution in [-0.4, -0.2) is 74.1 Å². The highest BCUT2D eigenvalue weighted by Crippen LogP contribution is 2.21. The molecule has 0 radical (unpaired) electrons. The zero-order chi connectivity index (χ0) is 18.0. The van der Waals surface area contributed by atoms with Gasteiger partial charge in [0.1, 0.15) is 0 Å². The van der Waals surface area contributed by atoms with Crippen LogP contribution in [0.5, 0.6) is 0 Å². The lowest BCUT2D eigenvalue weighted by molar-refractivity contribution is -0.168. The summed E-state index contributed by atoms with van der Waals surface area (Å²) in [7, 11) is 2.63. The lowest BCUT2D eigenvalue weighted by atomic mass is 9.94. The van der Waals surface area contributed by atoms with E-state index in [0.29, 0.717) is 26.1 Å². The zero-order valence-electron chi connectivity index (χ0n) is 15.1. The number of morpholine rings is 1. The van der Waals surface area contributed by atoms with Crippen molar-refractivity contribution in [2.24, 2.45) is 0 Å². The molecule has 0 aromatic carbocycles. The van der Waals surface area contributed by atoms with Crippen molar-refractivity contribution in [1.29, 1.82) is 0 Å². The molecule has 1 aliphatic heterocycles. The minimum atomic E-state index is -1.52. The van der Waals surface area contributed by atoms with Gasteiger partial charge in [-0.15, -0.1) is 0 Å². The Kier molecular flexibility index (Phi) is 9.25. The van der Waals surface area contributed by atoms with E-state index in [9.17, 15) is 14.7 Å². The molecule has 140 valence electrons. The Morgan fingerprint density at radius 2 is 2.00 bits per heavy atom. The summed E-state index contributed by atoms with van der Waals surface area (Å²) in [5.74, 6) is -0.931. The summed E-state index contributed by atoms with van der Waals surface area (Å²) in [5, 5.41) is 10.8. The highest BCUT2D eigenvalue weighted by atomic mass is 16.5. The second kappa shape index (κ2) is 10.6. The Bertz CT molecular complexity index is 403. The minimum Gasteiger partial charge on any atom is -0.469 e. The molecule has 0 spiro atoms. The number of esters is 2. The highest BCUT2D eigenvalue weighted by Gasteiger charge is 2.39. The second-order valence-electron chi connectivity index (χ2n) is 6.34. The summed E-state index contributed by atoms with van der Waals surface area (Å²) in [4.78, 5) is 25.4. The lowest BCUT2D eigenvalue weighted by Crippen LogP contribution is -2.54. The van der Waals surface area contributed by atoms with Crippen LogP contribution in [0.4, 0.5) is 0 Å². The van der Waals surface area contributed by atoms with E-state index in [1.165, 1.54) is 14.2 Å². The van der Waals surface area contributed by atoms with Crippen LogP contribution in [0.25, 0.3) is 0 Å². The number of methoxy groups -OCH3 is 2. The minimum absolute atomic E-state index is 0.167. The number of unbranched alkanes of at least 4 members (excludes halogenated alkanes) is 3. The molecular weight excluding hydrogens is 314 g/mol. The van der Waals surface area contributed by atoms with Gasteiger partial charge in [0.15, 0.2) is 5.60 Å². The Hall–Kier alpha value is -1.18. The number of ether oxygens (including phenoxy) is 3. The summed E-state index contributed by atoms with van der Waals surface area (Å²) >= 11 is 0. The molecule has 0 aromatic heterocycles. The average molecular weight is 345 g/mol. The van der Waals surface area contributed by atoms with Crippen LogP contribution in [0.1, 0.15) is 45.4 Å². The predicted octanol–water partition coefficient (Wildman–Crippen LogP) is 1.12. The molecule has 0 aliphatic carbocycles. The third-order valence-electron chi connectivity index (χ3n) is 4.34. The molecule has 7 nitrogen and oxygen atoms in total. The van der Waals surface area contributed by atoms with Crippen LogP contribution < -0.4 is 0 Å². The van der Waals surface area contributed by atoms with Gasteiger partial charge in [-0.2, -0.15) is 0 Å². The first-order valence-corrected chi connectivity index (χ1v) is 8.66. The van der Waals surface area contributed by atoms with Gasteiger partial charge >= 0.3 is 11.9 Å². The second-order valence-corrected chi connectivity index (χ2v) is 6.34. The zero-order valence-corrected chi connectivity index (χ0v) is 15.1. The molecule has 1 N–H and O–H groups in total. The van der Waals surface area contributed by atoms with E-state index in [-0.39, 0.29) is 25.0 Å². The summed E-state index contributed by atoms with van der Waals surface area (Å²) in [6, 6.07) is 0. The maximum absolute atomic E-state index is 12.1. The van der Waals surface area contributed by atoms with Crippen molar-refractivity contribution in [1.82, 2.24) is 4.90 Å². The molecule has 0 unspecified atom stereocenters. The Morgan fingerprint density at radius 1 is 1.25 bits per heavy atom. The standard InChI is InChI=1S/C17H31NO6/c1-4-5-6-7-8-17(21,16(20)23-3)13-18-9-10-24-14(12-18)11-15(19)22-2/h14,21H,4-13H2,1-3H3/t14-,17+/m0/s1. The highest BCUT2D eigenvalue weighted by molar-refractivity contribution is 5.79. The first kappa shape index (κ1) is 20.9. The largest absolute Gasteiger partial charge is 0.469 e. The SMILES string of the molecule is CCCCCC[C@@](O)(CN1CCO[C@@H](CC(=O)OC)C1)C(=O)OC. The first-order chi connectivity index (χ1) is 11.4. The fourth-order valence-corrected chi connectivity index (χ4v) is 2.97. The summed E-state index contributed by atoms with van der Waals surface area (Å²) in [6.45, 7) is 3.83. The van der Waals surface area contributed by atoms with Gasteiger partial charge < -0.3 is 19.3 Å². The van der Waals surface area contributed by atoms with Gasteiger partial charge in [-0.1, -0.05) is 26.2 Å². The van der Waals surface area contributed by atoms with Gasteiger partial charge in [0.05, 0.1) is 33.4 Å². The molecule has 1 rings (SSSR count). The van der Waals surface area contributed by atoms with Crippen LogP contribution in [0.15, 0.2) is 0 Å². The molecule has 2 atom stereocenters. The normalized spacial score (nSPS) is 21.1. The van der Waals surface area contributed by atoms with Crippen molar-refractivity contribution in [3.05, 3.63) is 0 Å². The van der Waals surface area contributed by atoms with E-state index in [1.54, 1.807) is 0 Å². The number of rotatable bonds is 10. The molecule has 0 saturated carbocycles. The average Bonchev–Trinajstić information content (AvgIpc) is 2.58. The van der Waals surface area contributed by atoms with Gasteiger partial charge in [-0.3, -0.25) is 9.69 Å². The fraction of sp³-hybridized carbons (Fsp3) is 0.882. The van der Waals surface area contributed by atoms with Crippen LogP contribution in [0.2, 0.25) is 0 Å². The van der Waals surface area contributed by atoms with Crippen molar-refractivity contribution in [2.45, 2.75) is 57.2 Å². The topological polar surface area (TPSA) is 85.3 Å². The van der Waals surface area contributed by atoms with Crippen LogP contribution in [-0.2, 0) is 23.8 Å². The molecule has 1 heterocycles. The monoisotopic (exact) mass is 345 g/mol. The quantitative estimate of drug-likeness (QED) is 0.469. The molecule has 1 fully saturated rings. The Balaban J connectivity index is 2.60. The van der Waals surface area contributed by atoms with E-state index in [4.69, 9.17) is 9.47 Å². The third kappa shape index (κ3) is 6.75. The molecule has 1 aliphatic rings. The molecule has 0 bridgehead atoms. The van der Waals surface area contributed by atoms with Crippen molar-refractivity contribution in [3.8, 4) is 0 Å².